The van der Waals surface area contributed by atoms with Crippen LogP contribution in [-0.4, -0.2) is 34.6 Å². The molecular formula is C17H17N7OS. The number of nitrogens with one attached hydrogen (secondary N) is 1. The first-order valence-electron chi connectivity index (χ1n) is 8.01. The van der Waals surface area contributed by atoms with E-state index in [2.05, 4.69) is 31.7 Å². The van der Waals surface area contributed by atoms with Gasteiger partial charge in [0, 0.05) is 5.56 Å². The molecule has 0 atom stereocenters. The van der Waals surface area contributed by atoms with Crippen molar-refractivity contribution in [3.05, 3.63) is 35.3 Å². The molecule has 1 aliphatic carbocycles. The van der Waals surface area contributed by atoms with E-state index >= 15 is 0 Å². The Morgan fingerprint density at radius 3 is 2.81 bits per heavy atom. The minimum Gasteiger partial charge on any atom is -0.344 e. The molecule has 26 heavy (non-hydrogen) atoms. The number of benzene rings is 1. The number of carbonyl (C=O) groups is 1. The van der Waals surface area contributed by atoms with Gasteiger partial charge in [0.25, 0.3) is 5.91 Å². The summed E-state index contributed by atoms with van der Waals surface area (Å²) in [6.45, 7) is 0.574. The number of carbonyl (C=O) groups excluding carboxylic acids is 1. The van der Waals surface area contributed by atoms with Crippen molar-refractivity contribution in [2.75, 3.05) is 6.54 Å². The first-order valence-corrected chi connectivity index (χ1v) is 8.82. The van der Waals surface area contributed by atoms with Crippen LogP contribution in [0.2, 0.25) is 0 Å². The largest absolute Gasteiger partial charge is 0.344 e. The Bertz CT molecular complexity index is 878. The summed E-state index contributed by atoms with van der Waals surface area (Å²) in [4.78, 5) is 16.3. The van der Waals surface area contributed by atoms with Gasteiger partial charge in [0.05, 0.1) is 30.8 Å². The van der Waals surface area contributed by atoms with E-state index in [4.69, 9.17) is 11.1 Å². The van der Waals surface area contributed by atoms with Crippen molar-refractivity contribution in [2.24, 2.45) is 21.4 Å². The minimum atomic E-state index is -0.450. The summed E-state index contributed by atoms with van der Waals surface area (Å²) >= 11 is 1.40. The van der Waals surface area contributed by atoms with Crippen LogP contribution in [0.4, 0.5) is 0 Å². The Morgan fingerprint density at radius 1 is 1.38 bits per heavy atom. The standard InChI is InChI=1S/C17H17N7OS/c18-10-17(6-7-17)11-20-8-13(22-19)15(25)21-9-14-23-24-16(26-14)12-4-2-1-3-5-12/h1-5,8H,6-7,9,11,19H2,(H,21,25)/b20-8?,22-13+. The van der Waals surface area contributed by atoms with Gasteiger partial charge in [0.1, 0.15) is 10.0 Å². The maximum Gasteiger partial charge on any atom is 0.273 e. The molecule has 9 heteroatoms. The van der Waals surface area contributed by atoms with Gasteiger partial charge in [-0.05, 0) is 12.8 Å². The summed E-state index contributed by atoms with van der Waals surface area (Å²) in [5.74, 6) is 4.82. The first kappa shape index (κ1) is 17.7. The number of hydrogen-bond acceptors (Lipinski definition) is 8. The van der Waals surface area contributed by atoms with Crippen LogP contribution < -0.4 is 11.2 Å². The van der Waals surface area contributed by atoms with Gasteiger partial charge in [-0.2, -0.15) is 10.4 Å². The van der Waals surface area contributed by atoms with Gasteiger partial charge in [-0.25, -0.2) is 0 Å². The van der Waals surface area contributed by atoms with Crippen molar-refractivity contribution in [3.63, 3.8) is 0 Å². The molecule has 1 aromatic heterocycles. The zero-order valence-electron chi connectivity index (χ0n) is 13.9. The lowest BCUT2D eigenvalue weighted by molar-refractivity contribution is -0.114. The van der Waals surface area contributed by atoms with Crippen molar-refractivity contribution < 1.29 is 4.79 Å². The summed E-state index contributed by atoms with van der Waals surface area (Å²) in [5.41, 5.74) is 0.615. The number of rotatable bonds is 7. The highest BCUT2D eigenvalue weighted by Gasteiger charge is 2.42. The van der Waals surface area contributed by atoms with Gasteiger partial charge < -0.3 is 11.2 Å². The highest BCUT2D eigenvalue weighted by atomic mass is 32.1. The van der Waals surface area contributed by atoms with Crippen molar-refractivity contribution >= 4 is 29.2 Å². The Labute approximate surface area is 154 Å². The summed E-state index contributed by atoms with van der Waals surface area (Å²) in [7, 11) is 0. The molecule has 2 aromatic rings. The highest BCUT2D eigenvalue weighted by Crippen LogP contribution is 2.44. The van der Waals surface area contributed by atoms with Gasteiger partial charge in [0.2, 0.25) is 0 Å². The quantitative estimate of drug-likeness (QED) is 0.435. The summed E-state index contributed by atoms with van der Waals surface area (Å²) in [5, 5.41) is 24.8. The van der Waals surface area contributed by atoms with Crippen LogP contribution in [0.5, 0.6) is 0 Å². The Morgan fingerprint density at radius 2 is 2.15 bits per heavy atom. The number of nitriles is 1. The second-order valence-electron chi connectivity index (χ2n) is 5.93. The summed E-state index contributed by atoms with van der Waals surface area (Å²) in [6.07, 6.45) is 2.98. The maximum atomic E-state index is 12.1. The molecule has 0 aliphatic heterocycles. The average molecular weight is 367 g/mol. The zero-order valence-corrected chi connectivity index (χ0v) is 14.7. The van der Waals surface area contributed by atoms with Crippen LogP contribution in [0.15, 0.2) is 40.4 Å². The van der Waals surface area contributed by atoms with Crippen LogP contribution in [0.25, 0.3) is 10.6 Å². The van der Waals surface area contributed by atoms with Gasteiger partial charge in [-0.3, -0.25) is 9.79 Å². The number of hydrogen-bond donors (Lipinski definition) is 2. The highest BCUT2D eigenvalue weighted by molar-refractivity contribution is 7.14. The normalized spacial score (nSPS) is 15.6. The van der Waals surface area contributed by atoms with Crippen LogP contribution in [0.1, 0.15) is 17.8 Å². The van der Waals surface area contributed by atoms with E-state index in [1.165, 1.54) is 17.6 Å². The molecule has 0 saturated heterocycles. The fourth-order valence-corrected chi connectivity index (χ4v) is 2.97. The van der Waals surface area contributed by atoms with Gasteiger partial charge in [0.15, 0.2) is 5.71 Å². The van der Waals surface area contributed by atoms with E-state index in [0.29, 0.717) is 11.6 Å². The molecule has 0 bridgehead atoms. The lowest BCUT2D eigenvalue weighted by Gasteiger charge is -2.02. The van der Waals surface area contributed by atoms with Crippen LogP contribution >= 0.6 is 11.3 Å². The van der Waals surface area contributed by atoms with E-state index in [1.54, 1.807) is 0 Å². The number of nitrogens with two attached hydrogens (primary N) is 1. The fourth-order valence-electron chi connectivity index (χ4n) is 2.18. The first-order chi connectivity index (χ1) is 12.7. The van der Waals surface area contributed by atoms with E-state index < -0.39 is 5.91 Å². The molecule has 0 unspecified atom stereocenters. The van der Waals surface area contributed by atoms with Gasteiger partial charge in [-0.15, -0.1) is 10.2 Å². The maximum absolute atomic E-state index is 12.1. The van der Waals surface area contributed by atoms with Gasteiger partial charge >= 0.3 is 0 Å². The SMILES string of the molecule is N#CC1(CN=C/C(=N\N)C(=O)NCc2nnc(-c3ccccc3)s2)CC1. The number of amides is 1. The Kier molecular flexibility index (Phi) is 5.34. The predicted molar refractivity (Wildman–Crippen MR) is 99.5 cm³/mol. The van der Waals surface area contributed by atoms with Crippen molar-refractivity contribution in [1.29, 1.82) is 5.26 Å². The molecule has 1 saturated carbocycles. The van der Waals surface area contributed by atoms with Gasteiger partial charge in [-0.1, -0.05) is 41.7 Å². The van der Waals surface area contributed by atoms with Crippen LogP contribution in [0.3, 0.4) is 0 Å². The number of aromatic nitrogens is 2. The topological polar surface area (TPSA) is 129 Å². The van der Waals surface area contributed by atoms with Crippen LogP contribution in [0, 0.1) is 16.7 Å². The molecular weight excluding hydrogens is 350 g/mol. The smallest absolute Gasteiger partial charge is 0.273 e. The Hall–Kier alpha value is -3.12. The summed E-state index contributed by atoms with van der Waals surface area (Å²) in [6, 6.07) is 11.9. The number of hydrazone groups is 1. The fraction of sp³-hybridized carbons (Fsp3) is 0.294. The van der Waals surface area contributed by atoms with E-state index in [0.717, 1.165) is 23.4 Å². The molecule has 0 radical (unpaired) electrons. The van der Waals surface area contributed by atoms with E-state index in [9.17, 15) is 4.79 Å². The van der Waals surface area contributed by atoms with Crippen LogP contribution in [-0.2, 0) is 11.3 Å². The molecule has 1 fully saturated rings. The molecule has 8 nitrogen and oxygen atoms in total. The lowest BCUT2D eigenvalue weighted by Crippen LogP contribution is -2.32. The molecule has 1 heterocycles. The second-order valence-corrected chi connectivity index (χ2v) is 6.99. The second kappa shape index (κ2) is 7.84. The third kappa shape index (κ3) is 4.29. The van der Waals surface area contributed by atoms with E-state index in [1.807, 2.05) is 30.3 Å². The molecule has 132 valence electrons. The molecule has 1 amide bonds. The average Bonchev–Trinajstić information content (AvgIpc) is 3.31. The molecule has 1 aliphatic rings. The summed E-state index contributed by atoms with van der Waals surface area (Å²) < 4.78 is 0. The lowest BCUT2D eigenvalue weighted by atomic mass is 10.1. The van der Waals surface area contributed by atoms with Crippen molar-refractivity contribution in [2.45, 2.75) is 19.4 Å². The number of nitrogens with zero attached hydrogens (tertiary/aromatic N) is 5. The third-order valence-corrected chi connectivity index (χ3v) is 4.93. The van der Waals surface area contributed by atoms with Crippen molar-refractivity contribution in [3.8, 4) is 16.6 Å². The van der Waals surface area contributed by atoms with E-state index in [-0.39, 0.29) is 17.7 Å². The predicted octanol–water partition coefficient (Wildman–Crippen LogP) is 1.51. The Balaban J connectivity index is 1.54. The minimum absolute atomic E-state index is 0.00605. The molecule has 3 N–H and O–H groups in total. The van der Waals surface area contributed by atoms with Crippen molar-refractivity contribution in [1.82, 2.24) is 15.5 Å². The molecule has 3 rings (SSSR count). The zero-order chi connectivity index (χ0) is 18.4. The molecule has 0 spiro atoms. The molecule has 1 aromatic carbocycles. The monoisotopic (exact) mass is 367 g/mol. The number of aliphatic imine (C=N–C) groups is 1. The third-order valence-electron chi connectivity index (χ3n) is 3.96.